The summed E-state index contributed by atoms with van der Waals surface area (Å²) in [5, 5.41) is 20.9. The summed E-state index contributed by atoms with van der Waals surface area (Å²) in [4.78, 5) is 23.3. The number of non-ortho nitro benzene ring substituents is 1. The Kier molecular flexibility index (Phi) is 2.53. The van der Waals surface area contributed by atoms with Crippen molar-refractivity contribution in [2.45, 2.75) is 0 Å². The third-order valence-corrected chi connectivity index (χ3v) is 2.11. The van der Waals surface area contributed by atoms with Crippen LogP contribution in [-0.2, 0) is 0 Å². The molecule has 0 spiro atoms. The highest BCUT2D eigenvalue weighted by molar-refractivity contribution is 5.41. The van der Waals surface area contributed by atoms with Gasteiger partial charge in [-0.1, -0.05) is 0 Å². The average molecular weight is 234 g/mol. The SMILES string of the molecule is O=[N+]([O-])c1ccc(-n2cnc([N+](=O)[O-])c2)cc1. The Bertz CT molecular complexity index is 575. The minimum absolute atomic E-state index is 0.0386. The molecule has 8 nitrogen and oxygen atoms in total. The fourth-order valence-electron chi connectivity index (χ4n) is 1.29. The van der Waals surface area contributed by atoms with Gasteiger partial charge in [-0.05, 0) is 22.0 Å². The van der Waals surface area contributed by atoms with Gasteiger partial charge in [0.1, 0.15) is 6.20 Å². The maximum absolute atomic E-state index is 10.4. The summed E-state index contributed by atoms with van der Waals surface area (Å²) in [5.41, 5.74) is 0.527. The normalized spacial score (nSPS) is 10.1. The first-order chi connectivity index (χ1) is 8.08. The van der Waals surface area contributed by atoms with Crippen LogP contribution in [0, 0.1) is 20.2 Å². The molecule has 0 unspecified atom stereocenters. The zero-order valence-electron chi connectivity index (χ0n) is 8.39. The molecule has 2 rings (SSSR count). The third-order valence-electron chi connectivity index (χ3n) is 2.11. The topological polar surface area (TPSA) is 104 Å². The van der Waals surface area contributed by atoms with E-state index in [9.17, 15) is 20.2 Å². The molecule has 0 bridgehead atoms. The maximum atomic E-state index is 10.4. The van der Waals surface area contributed by atoms with Gasteiger partial charge in [-0.2, -0.15) is 0 Å². The molecule has 0 amide bonds. The molecule has 8 heteroatoms. The largest absolute Gasteiger partial charge is 0.381 e. The molecule has 0 saturated carbocycles. The van der Waals surface area contributed by atoms with Crippen LogP contribution in [0.15, 0.2) is 36.8 Å². The van der Waals surface area contributed by atoms with Crippen LogP contribution in [0.2, 0.25) is 0 Å². The van der Waals surface area contributed by atoms with E-state index in [0.717, 1.165) is 0 Å². The molecule has 0 radical (unpaired) electrons. The number of hydrogen-bond acceptors (Lipinski definition) is 5. The molecule has 0 N–H and O–H groups in total. The second-order valence-electron chi connectivity index (χ2n) is 3.17. The van der Waals surface area contributed by atoms with Gasteiger partial charge >= 0.3 is 5.82 Å². The van der Waals surface area contributed by atoms with Crippen molar-refractivity contribution in [3.8, 4) is 5.69 Å². The summed E-state index contributed by atoms with van der Waals surface area (Å²) in [6.07, 6.45) is 2.51. The minimum atomic E-state index is -0.609. The number of nitro benzene ring substituents is 1. The van der Waals surface area contributed by atoms with Crippen LogP contribution in [0.3, 0.4) is 0 Å². The van der Waals surface area contributed by atoms with Crippen LogP contribution >= 0.6 is 0 Å². The van der Waals surface area contributed by atoms with Crippen molar-refractivity contribution in [2.24, 2.45) is 0 Å². The Hall–Kier alpha value is -2.77. The van der Waals surface area contributed by atoms with Crippen LogP contribution in [0.25, 0.3) is 5.69 Å². The molecular formula is C9H6N4O4. The summed E-state index contributed by atoms with van der Waals surface area (Å²) in [5.74, 6) is -0.275. The number of rotatable bonds is 3. The summed E-state index contributed by atoms with van der Waals surface area (Å²) < 4.78 is 1.42. The highest BCUT2D eigenvalue weighted by Crippen LogP contribution is 2.17. The molecule has 2 aromatic rings. The summed E-state index contributed by atoms with van der Waals surface area (Å²) in [6.45, 7) is 0. The quantitative estimate of drug-likeness (QED) is 0.593. The Morgan fingerprint density at radius 3 is 2.18 bits per heavy atom. The fraction of sp³-hybridized carbons (Fsp3) is 0. The molecular weight excluding hydrogens is 228 g/mol. The summed E-state index contributed by atoms with van der Waals surface area (Å²) in [6, 6.07) is 5.62. The standard InChI is InChI=1S/C9H6N4O4/c14-12(15)8-3-1-7(2-4-8)11-5-9(10-6-11)13(16)17/h1-6H. The van der Waals surface area contributed by atoms with Crippen molar-refractivity contribution in [1.82, 2.24) is 9.55 Å². The summed E-state index contributed by atoms with van der Waals surface area (Å²) in [7, 11) is 0. The van der Waals surface area contributed by atoms with Crippen molar-refractivity contribution in [1.29, 1.82) is 0 Å². The third kappa shape index (κ3) is 2.09. The fourth-order valence-corrected chi connectivity index (χ4v) is 1.29. The maximum Gasteiger partial charge on any atom is 0.381 e. The molecule has 0 aliphatic rings. The lowest BCUT2D eigenvalue weighted by Crippen LogP contribution is -1.92. The van der Waals surface area contributed by atoms with Gasteiger partial charge < -0.3 is 10.1 Å². The van der Waals surface area contributed by atoms with Crippen LogP contribution in [0.4, 0.5) is 11.5 Å². The first-order valence-electron chi connectivity index (χ1n) is 4.51. The van der Waals surface area contributed by atoms with E-state index in [4.69, 9.17) is 0 Å². The van der Waals surface area contributed by atoms with Crippen LogP contribution in [-0.4, -0.2) is 19.4 Å². The van der Waals surface area contributed by atoms with Gasteiger partial charge in [0.05, 0.1) is 4.92 Å². The van der Waals surface area contributed by atoms with E-state index in [1.165, 1.54) is 41.4 Å². The highest BCUT2D eigenvalue weighted by Gasteiger charge is 2.11. The minimum Gasteiger partial charge on any atom is -0.358 e. The van der Waals surface area contributed by atoms with E-state index in [-0.39, 0.29) is 11.5 Å². The van der Waals surface area contributed by atoms with E-state index < -0.39 is 9.85 Å². The highest BCUT2D eigenvalue weighted by atomic mass is 16.6. The van der Waals surface area contributed by atoms with Gasteiger partial charge in [0.15, 0.2) is 0 Å². The van der Waals surface area contributed by atoms with Crippen LogP contribution < -0.4 is 0 Å². The monoisotopic (exact) mass is 234 g/mol. The number of aromatic nitrogens is 2. The van der Waals surface area contributed by atoms with Crippen molar-refractivity contribution in [3.63, 3.8) is 0 Å². The Morgan fingerprint density at radius 2 is 1.71 bits per heavy atom. The second-order valence-corrected chi connectivity index (χ2v) is 3.17. The molecule has 17 heavy (non-hydrogen) atoms. The Balaban J connectivity index is 2.33. The molecule has 0 atom stereocenters. The molecule has 1 heterocycles. The number of nitrogens with zero attached hydrogens (tertiary/aromatic N) is 4. The Morgan fingerprint density at radius 1 is 1.06 bits per heavy atom. The van der Waals surface area contributed by atoms with Crippen LogP contribution in [0.1, 0.15) is 0 Å². The second kappa shape index (κ2) is 4.00. The van der Waals surface area contributed by atoms with Gasteiger partial charge in [0.25, 0.3) is 5.69 Å². The lowest BCUT2D eigenvalue weighted by Gasteiger charge is -1.98. The van der Waals surface area contributed by atoms with Crippen molar-refractivity contribution < 1.29 is 9.85 Å². The van der Waals surface area contributed by atoms with E-state index in [1.54, 1.807) is 0 Å². The Labute approximate surface area is 94.4 Å². The zero-order valence-corrected chi connectivity index (χ0v) is 8.39. The first-order valence-corrected chi connectivity index (χ1v) is 4.51. The van der Waals surface area contributed by atoms with Crippen molar-refractivity contribution in [3.05, 3.63) is 57.0 Å². The van der Waals surface area contributed by atoms with Gasteiger partial charge in [-0.25, -0.2) is 0 Å². The molecule has 0 fully saturated rings. The summed E-state index contributed by atoms with van der Waals surface area (Å²) >= 11 is 0. The van der Waals surface area contributed by atoms with E-state index in [0.29, 0.717) is 5.69 Å². The van der Waals surface area contributed by atoms with E-state index in [1.807, 2.05) is 0 Å². The molecule has 0 aliphatic carbocycles. The predicted octanol–water partition coefficient (Wildman–Crippen LogP) is 1.69. The van der Waals surface area contributed by atoms with Crippen molar-refractivity contribution >= 4 is 11.5 Å². The molecule has 0 aliphatic heterocycles. The number of hydrogen-bond donors (Lipinski definition) is 0. The van der Waals surface area contributed by atoms with E-state index in [2.05, 4.69) is 4.98 Å². The van der Waals surface area contributed by atoms with Gasteiger partial charge in [0.2, 0.25) is 6.33 Å². The lowest BCUT2D eigenvalue weighted by molar-refractivity contribution is -0.389. The van der Waals surface area contributed by atoms with E-state index >= 15 is 0 Å². The van der Waals surface area contributed by atoms with Gasteiger partial charge in [0, 0.05) is 17.8 Å². The first kappa shape index (κ1) is 10.7. The average Bonchev–Trinajstić information content (AvgIpc) is 2.78. The zero-order chi connectivity index (χ0) is 12.4. The molecule has 0 saturated heterocycles. The number of benzene rings is 1. The lowest BCUT2D eigenvalue weighted by atomic mass is 10.3. The molecule has 1 aromatic heterocycles. The number of nitro groups is 2. The number of imidazole rings is 1. The predicted molar refractivity (Wildman–Crippen MR) is 56.9 cm³/mol. The van der Waals surface area contributed by atoms with Gasteiger partial charge in [-0.15, -0.1) is 0 Å². The smallest absolute Gasteiger partial charge is 0.358 e. The van der Waals surface area contributed by atoms with Gasteiger partial charge in [-0.3, -0.25) is 14.7 Å². The molecule has 86 valence electrons. The van der Waals surface area contributed by atoms with Crippen LogP contribution in [0.5, 0.6) is 0 Å². The molecule has 1 aromatic carbocycles. The van der Waals surface area contributed by atoms with Crippen molar-refractivity contribution in [2.75, 3.05) is 0 Å².